The van der Waals surface area contributed by atoms with Crippen LogP contribution in [-0.2, 0) is 36.5 Å². The van der Waals surface area contributed by atoms with Crippen molar-refractivity contribution in [2.75, 3.05) is 7.11 Å². The maximum Gasteiger partial charge on any atom is 0.416 e. The standard InChI is InChI=1S/C16H15F4NO5/c1-15(2)25-12(14(23)26-15)11(24-3)13(22)21-7-8-4-5-9(17)6-10(8)16(18,19)20/h4-6H,7H2,1-3H3,(H,21,22). The molecule has 0 saturated carbocycles. The number of methoxy groups -OCH3 is 1. The van der Waals surface area contributed by atoms with Gasteiger partial charge in [0.1, 0.15) is 5.82 Å². The zero-order valence-corrected chi connectivity index (χ0v) is 14.0. The summed E-state index contributed by atoms with van der Waals surface area (Å²) in [7, 11) is 1.09. The Morgan fingerprint density at radius 2 is 1.92 bits per heavy atom. The van der Waals surface area contributed by atoms with Crippen molar-refractivity contribution in [2.45, 2.75) is 32.4 Å². The first-order valence-electron chi connectivity index (χ1n) is 7.29. The summed E-state index contributed by atoms with van der Waals surface area (Å²) in [6.45, 7) is 2.28. The van der Waals surface area contributed by atoms with Crippen molar-refractivity contribution < 1.29 is 41.4 Å². The van der Waals surface area contributed by atoms with Gasteiger partial charge in [0.05, 0.1) is 12.7 Å². The van der Waals surface area contributed by atoms with Gasteiger partial charge in [0.2, 0.25) is 11.5 Å². The van der Waals surface area contributed by atoms with Gasteiger partial charge in [-0.1, -0.05) is 6.07 Å². The summed E-state index contributed by atoms with van der Waals surface area (Å²) < 4.78 is 66.9. The van der Waals surface area contributed by atoms with Crippen LogP contribution in [0.4, 0.5) is 17.6 Å². The molecule has 0 spiro atoms. The van der Waals surface area contributed by atoms with Gasteiger partial charge in [-0.15, -0.1) is 0 Å². The molecular formula is C16H15F4NO5. The summed E-state index contributed by atoms with van der Waals surface area (Å²) in [5.41, 5.74) is -1.58. The number of cyclic esters (lactones) is 1. The zero-order chi connectivity index (χ0) is 19.7. The molecule has 1 aromatic carbocycles. The maximum atomic E-state index is 13.1. The zero-order valence-electron chi connectivity index (χ0n) is 14.0. The van der Waals surface area contributed by atoms with Crippen LogP contribution in [0.5, 0.6) is 0 Å². The molecule has 0 aromatic heterocycles. The molecule has 0 radical (unpaired) electrons. The first-order chi connectivity index (χ1) is 11.9. The lowest BCUT2D eigenvalue weighted by molar-refractivity contribution is -0.159. The Kier molecular flexibility index (Phi) is 5.15. The molecule has 1 fully saturated rings. The molecule has 2 rings (SSSR count). The number of carbonyl (C=O) groups is 2. The normalized spacial score (nSPS) is 18.0. The van der Waals surface area contributed by atoms with Crippen LogP contribution in [0.25, 0.3) is 0 Å². The lowest BCUT2D eigenvalue weighted by atomic mass is 10.1. The average Bonchev–Trinajstić information content (AvgIpc) is 2.78. The Hall–Kier alpha value is -2.78. The van der Waals surface area contributed by atoms with Gasteiger partial charge >= 0.3 is 12.1 Å². The van der Waals surface area contributed by atoms with Gasteiger partial charge in [0, 0.05) is 20.4 Å². The molecular weight excluding hydrogens is 362 g/mol. The first kappa shape index (κ1) is 19.5. The van der Waals surface area contributed by atoms with Gasteiger partial charge in [-0.25, -0.2) is 9.18 Å². The number of benzene rings is 1. The number of alkyl halides is 3. The summed E-state index contributed by atoms with van der Waals surface area (Å²) >= 11 is 0. The van der Waals surface area contributed by atoms with E-state index >= 15 is 0 Å². The van der Waals surface area contributed by atoms with Crippen LogP contribution in [0, 0.1) is 5.82 Å². The predicted molar refractivity (Wildman–Crippen MR) is 78.5 cm³/mol. The summed E-state index contributed by atoms with van der Waals surface area (Å²) in [6, 6.07) is 2.07. The molecule has 142 valence electrons. The summed E-state index contributed by atoms with van der Waals surface area (Å²) in [6.07, 6.45) is -4.80. The van der Waals surface area contributed by atoms with E-state index < -0.39 is 53.3 Å². The minimum absolute atomic E-state index is 0.331. The second-order valence-corrected chi connectivity index (χ2v) is 5.74. The lowest BCUT2D eigenvalue weighted by Gasteiger charge is -2.15. The molecule has 26 heavy (non-hydrogen) atoms. The molecule has 0 bridgehead atoms. The predicted octanol–water partition coefficient (Wildman–Crippen LogP) is 2.63. The van der Waals surface area contributed by atoms with E-state index in [2.05, 4.69) is 5.32 Å². The molecule has 1 aliphatic rings. The molecule has 10 heteroatoms. The Morgan fingerprint density at radius 1 is 1.27 bits per heavy atom. The minimum atomic E-state index is -4.80. The molecule has 1 amide bonds. The van der Waals surface area contributed by atoms with Crippen molar-refractivity contribution in [1.29, 1.82) is 0 Å². The van der Waals surface area contributed by atoms with Gasteiger partial charge in [-0.3, -0.25) is 4.79 Å². The third kappa shape index (κ3) is 4.24. The van der Waals surface area contributed by atoms with Gasteiger partial charge in [0.25, 0.3) is 11.7 Å². The van der Waals surface area contributed by atoms with Crippen molar-refractivity contribution in [2.24, 2.45) is 0 Å². The second-order valence-electron chi connectivity index (χ2n) is 5.74. The summed E-state index contributed by atoms with van der Waals surface area (Å²) in [5, 5.41) is 2.17. The Labute approximate surface area is 145 Å². The minimum Gasteiger partial charge on any atom is -0.488 e. The van der Waals surface area contributed by atoms with E-state index in [-0.39, 0.29) is 5.56 Å². The number of amides is 1. The highest BCUT2D eigenvalue weighted by molar-refractivity contribution is 6.00. The van der Waals surface area contributed by atoms with E-state index in [0.717, 1.165) is 19.2 Å². The third-order valence-corrected chi connectivity index (χ3v) is 3.31. The van der Waals surface area contributed by atoms with Crippen LogP contribution in [0.3, 0.4) is 0 Å². The van der Waals surface area contributed by atoms with Crippen LogP contribution < -0.4 is 5.32 Å². The van der Waals surface area contributed by atoms with E-state index in [4.69, 9.17) is 14.2 Å². The number of hydrogen-bond acceptors (Lipinski definition) is 5. The first-order valence-corrected chi connectivity index (χ1v) is 7.29. The Morgan fingerprint density at radius 3 is 2.42 bits per heavy atom. The Balaban J connectivity index is 2.22. The van der Waals surface area contributed by atoms with Gasteiger partial charge < -0.3 is 19.5 Å². The van der Waals surface area contributed by atoms with Gasteiger partial charge in [0.15, 0.2) is 0 Å². The van der Waals surface area contributed by atoms with Crippen LogP contribution >= 0.6 is 0 Å². The number of halogens is 4. The molecule has 0 atom stereocenters. The summed E-state index contributed by atoms with van der Waals surface area (Å²) in [5.74, 6) is -5.34. The molecule has 6 nitrogen and oxygen atoms in total. The highest BCUT2D eigenvalue weighted by Gasteiger charge is 2.42. The number of esters is 1. The quantitative estimate of drug-likeness (QED) is 0.378. The average molecular weight is 377 g/mol. The third-order valence-electron chi connectivity index (χ3n) is 3.31. The fourth-order valence-corrected chi connectivity index (χ4v) is 2.23. The molecule has 1 aliphatic heterocycles. The topological polar surface area (TPSA) is 73.9 Å². The van der Waals surface area contributed by atoms with Crippen LogP contribution in [0.15, 0.2) is 29.7 Å². The molecule has 0 unspecified atom stereocenters. The fourth-order valence-electron chi connectivity index (χ4n) is 2.23. The van der Waals surface area contributed by atoms with Crippen molar-refractivity contribution in [3.63, 3.8) is 0 Å². The van der Waals surface area contributed by atoms with Crippen molar-refractivity contribution in [3.05, 3.63) is 46.7 Å². The van der Waals surface area contributed by atoms with Crippen LogP contribution in [-0.4, -0.2) is 24.8 Å². The number of nitrogens with one attached hydrogen (secondary N) is 1. The maximum absolute atomic E-state index is 13.1. The number of ether oxygens (including phenoxy) is 3. The van der Waals surface area contributed by atoms with E-state index in [1.54, 1.807) is 0 Å². The number of carbonyl (C=O) groups excluding carboxylic acids is 2. The van der Waals surface area contributed by atoms with E-state index in [0.29, 0.717) is 6.07 Å². The largest absolute Gasteiger partial charge is 0.488 e. The second kappa shape index (κ2) is 6.85. The molecule has 1 N–H and O–H groups in total. The monoisotopic (exact) mass is 377 g/mol. The van der Waals surface area contributed by atoms with Crippen molar-refractivity contribution >= 4 is 11.9 Å². The van der Waals surface area contributed by atoms with Gasteiger partial charge in [-0.05, 0) is 17.7 Å². The van der Waals surface area contributed by atoms with E-state index in [1.165, 1.54) is 13.8 Å². The van der Waals surface area contributed by atoms with E-state index in [9.17, 15) is 27.2 Å². The summed E-state index contributed by atoms with van der Waals surface area (Å²) in [4.78, 5) is 23.9. The highest BCUT2D eigenvalue weighted by atomic mass is 19.4. The molecule has 1 saturated heterocycles. The SMILES string of the molecule is COC(C(=O)NCc1ccc(F)cc1C(F)(F)F)=C1OC(C)(C)OC1=O. The van der Waals surface area contributed by atoms with E-state index in [1.807, 2.05) is 0 Å². The van der Waals surface area contributed by atoms with Gasteiger partial charge in [-0.2, -0.15) is 13.2 Å². The molecule has 1 heterocycles. The van der Waals surface area contributed by atoms with Crippen LogP contribution in [0.2, 0.25) is 0 Å². The molecule has 1 aromatic rings. The van der Waals surface area contributed by atoms with Crippen molar-refractivity contribution in [1.82, 2.24) is 5.32 Å². The Bertz CT molecular complexity index is 770. The highest BCUT2D eigenvalue weighted by Crippen LogP contribution is 2.33. The number of hydrogen-bond donors (Lipinski definition) is 1. The number of rotatable bonds is 4. The lowest BCUT2D eigenvalue weighted by Crippen LogP contribution is -2.28. The fraction of sp³-hybridized carbons (Fsp3) is 0.375. The molecule has 0 aliphatic carbocycles. The van der Waals surface area contributed by atoms with Crippen molar-refractivity contribution in [3.8, 4) is 0 Å². The van der Waals surface area contributed by atoms with Crippen LogP contribution in [0.1, 0.15) is 25.0 Å². The smallest absolute Gasteiger partial charge is 0.416 e.